The van der Waals surface area contributed by atoms with Crippen molar-refractivity contribution in [3.63, 3.8) is 0 Å². The number of carboxylic acid groups (broad SMARTS) is 1. The molecule has 1 fully saturated rings. The lowest BCUT2D eigenvalue weighted by Gasteiger charge is -2.27. The second-order valence-corrected chi connectivity index (χ2v) is 6.92. The zero-order valence-corrected chi connectivity index (χ0v) is 16.7. The van der Waals surface area contributed by atoms with Gasteiger partial charge in [-0.2, -0.15) is 0 Å². The standard InChI is InChI=1S/C21H19N3O4S/c1-4-9-23-19(26)17(18(25)22-21(23)29)11-15-10-12(2)24(13(15)3)16-7-5-14(6-8-16)20(27)28/h4-8,10-11H,1,9H2,2-3H3,(H,27,28)(H,22,25,29)/b17-11-. The Morgan fingerprint density at radius 1 is 1.24 bits per heavy atom. The van der Waals surface area contributed by atoms with Crippen LogP contribution in [-0.4, -0.2) is 44.0 Å². The van der Waals surface area contributed by atoms with Gasteiger partial charge in [-0.1, -0.05) is 6.08 Å². The number of nitrogens with zero attached hydrogens (tertiary/aromatic N) is 2. The lowest BCUT2D eigenvalue weighted by Crippen LogP contribution is -2.53. The number of aromatic nitrogens is 1. The number of carboxylic acids is 1. The van der Waals surface area contributed by atoms with Crippen LogP contribution in [0.15, 0.2) is 48.6 Å². The second-order valence-electron chi connectivity index (χ2n) is 6.54. The third-order valence-electron chi connectivity index (χ3n) is 4.64. The minimum absolute atomic E-state index is 0.0121. The lowest BCUT2D eigenvalue weighted by atomic mass is 10.1. The van der Waals surface area contributed by atoms with Gasteiger partial charge in [0.25, 0.3) is 11.8 Å². The van der Waals surface area contributed by atoms with Crippen LogP contribution in [0.5, 0.6) is 0 Å². The van der Waals surface area contributed by atoms with Gasteiger partial charge in [-0.15, -0.1) is 6.58 Å². The van der Waals surface area contributed by atoms with Gasteiger partial charge in [0.2, 0.25) is 0 Å². The Hall–Kier alpha value is -3.52. The Kier molecular flexibility index (Phi) is 5.47. The summed E-state index contributed by atoms with van der Waals surface area (Å²) in [5.41, 5.74) is 3.35. The van der Waals surface area contributed by atoms with Crippen molar-refractivity contribution in [3.8, 4) is 5.69 Å². The van der Waals surface area contributed by atoms with Crippen molar-refractivity contribution in [2.45, 2.75) is 13.8 Å². The van der Waals surface area contributed by atoms with Gasteiger partial charge in [-0.05, 0) is 68.0 Å². The predicted octanol–water partition coefficient (Wildman–Crippen LogP) is 2.61. The SMILES string of the molecule is C=CCN1C(=O)/C(=C\c2cc(C)n(-c3ccc(C(=O)O)cc3)c2C)C(=O)NC1=S. The number of carbonyl (C=O) groups is 3. The smallest absolute Gasteiger partial charge is 0.335 e. The van der Waals surface area contributed by atoms with E-state index in [4.69, 9.17) is 17.3 Å². The highest BCUT2D eigenvalue weighted by molar-refractivity contribution is 7.80. The molecule has 1 aliphatic rings. The van der Waals surface area contributed by atoms with Crippen molar-refractivity contribution in [3.05, 3.63) is 71.1 Å². The molecule has 0 spiro atoms. The van der Waals surface area contributed by atoms with E-state index in [0.29, 0.717) is 5.56 Å². The fourth-order valence-corrected chi connectivity index (χ4v) is 3.48. The van der Waals surface area contributed by atoms with Crippen molar-refractivity contribution >= 4 is 41.2 Å². The topological polar surface area (TPSA) is 91.6 Å². The Bertz CT molecular complexity index is 1080. The molecule has 0 aliphatic carbocycles. The van der Waals surface area contributed by atoms with Gasteiger partial charge in [-0.25, -0.2) is 4.79 Å². The lowest BCUT2D eigenvalue weighted by molar-refractivity contribution is -0.128. The number of amides is 2. The Morgan fingerprint density at radius 2 is 1.90 bits per heavy atom. The van der Waals surface area contributed by atoms with E-state index in [2.05, 4.69) is 11.9 Å². The van der Waals surface area contributed by atoms with Gasteiger partial charge in [0.05, 0.1) is 5.56 Å². The quantitative estimate of drug-likeness (QED) is 0.343. The monoisotopic (exact) mass is 409 g/mol. The highest BCUT2D eigenvalue weighted by Gasteiger charge is 2.32. The maximum Gasteiger partial charge on any atom is 0.335 e. The number of rotatable bonds is 5. The maximum absolute atomic E-state index is 12.7. The van der Waals surface area contributed by atoms with Crippen LogP contribution in [0.2, 0.25) is 0 Å². The van der Waals surface area contributed by atoms with Crippen LogP contribution in [-0.2, 0) is 9.59 Å². The summed E-state index contributed by atoms with van der Waals surface area (Å²) in [4.78, 5) is 37.4. The van der Waals surface area contributed by atoms with Crippen LogP contribution in [0.3, 0.4) is 0 Å². The summed E-state index contributed by atoms with van der Waals surface area (Å²) in [5.74, 6) is -2.02. The summed E-state index contributed by atoms with van der Waals surface area (Å²) < 4.78 is 1.93. The molecule has 0 atom stereocenters. The van der Waals surface area contributed by atoms with E-state index in [0.717, 1.165) is 17.1 Å². The largest absolute Gasteiger partial charge is 0.478 e. The molecule has 0 saturated carbocycles. The van der Waals surface area contributed by atoms with Gasteiger partial charge in [0.15, 0.2) is 5.11 Å². The summed E-state index contributed by atoms with van der Waals surface area (Å²) >= 11 is 5.06. The molecule has 7 nitrogen and oxygen atoms in total. The molecule has 8 heteroatoms. The van der Waals surface area contributed by atoms with Crippen LogP contribution >= 0.6 is 12.2 Å². The number of benzene rings is 1. The normalized spacial score (nSPS) is 15.6. The zero-order valence-electron chi connectivity index (χ0n) is 15.9. The van der Waals surface area contributed by atoms with Crippen molar-refractivity contribution in [1.29, 1.82) is 0 Å². The number of aryl methyl sites for hydroxylation is 1. The summed E-state index contributed by atoms with van der Waals surface area (Å²) in [6.07, 6.45) is 3.08. The minimum atomic E-state index is -0.994. The number of aromatic carboxylic acids is 1. The summed E-state index contributed by atoms with van der Waals surface area (Å²) in [5, 5.41) is 11.6. The fraction of sp³-hybridized carbons (Fsp3) is 0.143. The minimum Gasteiger partial charge on any atom is -0.478 e. The van der Waals surface area contributed by atoms with Crippen molar-refractivity contribution in [2.24, 2.45) is 0 Å². The number of hydrogen-bond donors (Lipinski definition) is 2. The Labute approximate surface area is 172 Å². The van der Waals surface area contributed by atoms with Crippen LogP contribution in [0.1, 0.15) is 27.3 Å². The highest BCUT2D eigenvalue weighted by atomic mass is 32.1. The van der Waals surface area contributed by atoms with Gasteiger partial charge < -0.3 is 9.67 Å². The molecule has 2 N–H and O–H groups in total. The Balaban J connectivity index is 2.02. The summed E-state index contributed by atoms with van der Waals surface area (Å²) in [6.45, 7) is 7.56. The van der Waals surface area contributed by atoms with E-state index in [1.165, 1.54) is 23.1 Å². The molecule has 148 valence electrons. The first-order valence-corrected chi connectivity index (χ1v) is 9.18. The molecule has 0 bridgehead atoms. The van der Waals surface area contributed by atoms with E-state index >= 15 is 0 Å². The van der Waals surface area contributed by atoms with E-state index in [9.17, 15) is 14.4 Å². The third kappa shape index (κ3) is 3.74. The van der Waals surface area contributed by atoms with Crippen LogP contribution in [0.25, 0.3) is 11.8 Å². The summed E-state index contributed by atoms with van der Waals surface area (Å²) in [6, 6.07) is 8.34. The molecule has 2 heterocycles. The molecule has 2 amide bonds. The molecular weight excluding hydrogens is 390 g/mol. The van der Waals surface area contributed by atoms with Crippen LogP contribution in [0, 0.1) is 13.8 Å². The van der Waals surface area contributed by atoms with E-state index < -0.39 is 17.8 Å². The van der Waals surface area contributed by atoms with Crippen LogP contribution < -0.4 is 5.32 Å². The average molecular weight is 409 g/mol. The first-order valence-electron chi connectivity index (χ1n) is 8.77. The zero-order chi connectivity index (χ0) is 21.3. The average Bonchev–Trinajstić information content (AvgIpc) is 2.95. The molecule has 0 unspecified atom stereocenters. The first kappa shape index (κ1) is 20.2. The van der Waals surface area contributed by atoms with Crippen molar-refractivity contribution < 1.29 is 19.5 Å². The van der Waals surface area contributed by atoms with Crippen molar-refractivity contribution in [1.82, 2.24) is 14.8 Å². The van der Waals surface area contributed by atoms with E-state index in [1.54, 1.807) is 18.2 Å². The predicted molar refractivity (Wildman–Crippen MR) is 113 cm³/mol. The van der Waals surface area contributed by atoms with Crippen LogP contribution in [0.4, 0.5) is 0 Å². The second kappa shape index (κ2) is 7.84. The Morgan fingerprint density at radius 3 is 2.48 bits per heavy atom. The molecule has 1 aromatic carbocycles. The molecule has 1 saturated heterocycles. The number of thiocarbonyl (C=S) groups is 1. The molecule has 2 aromatic rings. The highest BCUT2D eigenvalue weighted by Crippen LogP contribution is 2.24. The fourth-order valence-electron chi connectivity index (χ4n) is 3.23. The number of nitrogens with one attached hydrogen (secondary N) is 1. The number of hydrogen-bond acceptors (Lipinski definition) is 4. The first-order chi connectivity index (χ1) is 13.7. The van der Waals surface area contributed by atoms with Gasteiger partial charge in [0, 0.05) is 23.6 Å². The van der Waals surface area contributed by atoms with Gasteiger partial charge in [-0.3, -0.25) is 19.8 Å². The third-order valence-corrected chi connectivity index (χ3v) is 4.96. The van der Waals surface area contributed by atoms with E-state index in [-0.39, 0.29) is 22.8 Å². The van der Waals surface area contributed by atoms with E-state index in [1.807, 2.05) is 24.5 Å². The molecule has 1 aromatic heterocycles. The van der Waals surface area contributed by atoms with Gasteiger partial charge >= 0.3 is 5.97 Å². The van der Waals surface area contributed by atoms with Crippen molar-refractivity contribution in [2.75, 3.05) is 6.54 Å². The molecule has 29 heavy (non-hydrogen) atoms. The number of carbonyl (C=O) groups excluding carboxylic acids is 2. The maximum atomic E-state index is 12.7. The molecule has 0 radical (unpaired) electrons. The summed E-state index contributed by atoms with van der Waals surface area (Å²) in [7, 11) is 0. The molecule has 1 aliphatic heterocycles. The van der Waals surface area contributed by atoms with Gasteiger partial charge in [0.1, 0.15) is 5.57 Å². The molecular formula is C21H19N3O4S. The molecule has 3 rings (SSSR count).